The van der Waals surface area contributed by atoms with Gasteiger partial charge < -0.3 is 9.64 Å². The van der Waals surface area contributed by atoms with E-state index >= 15 is 0 Å². The highest BCUT2D eigenvalue weighted by Crippen LogP contribution is 2.30. The number of rotatable bonds is 4. The Hall–Kier alpha value is -2.25. The minimum Gasteiger partial charge on any atom is -0.379 e. The second kappa shape index (κ2) is 6.57. The van der Waals surface area contributed by atoms with Crippen LogP contribution < -0.4 is 4.90 Å². The number of likely N-dealkylation sites (tertiary alicyclic amines) is 1. The van der Waals surface area contributed by atoms with E-state index in [1.54, 1.807) is 11.8 Å². The lowest BCUT2D eigenvalue weighted by Crippen LogP contribution is -2.39. The predicted octanol–water partition coefficient (Wildman–Crippen LogP) is 0.819. The van der Waals surface area contributed by atoms with Gasteiger partial charge in [-0.05, 0) is 18.1 Å². The van der Waals surface area contributed by atoms with E-state index < -0.39 is 0 Å². The van der Waals surface area contributed by atoms with Crippen molar-refractivity contribution < 1.29 is 9.53 Å². The maximum atomic E-state index is 12.8. The molecule has 0 spiro atoms. The van der Waals surface area contributed by atoms with E-state index in [0.29, 0.717) is 6.54 Å². The lowest BCUT2D eigenvalue weighted by Gasteiger charge is -2.21. The molecular formula is C18H23N5O2. The van der Waals surface area contributed by atoms with Crippen LogP contribution in [0.3, 0.4) is 0 Å². The fourth-order valence-corrected chi connectivity index (χ4v) is 3.91. The number of aromatic nitrogens is 3. The largest absolute Gasteiger partial charge is 0.379 e. The molecule has 0 unspecified atom stereocenters. The number of benzene rings is 1. The van der Waals surface area contributed by atoms with Crippen LogP contribution in [-0.4, -0.2) is 65.2 Å². The molecule has 2 aliphatic rings. The van der Waals surface area contributed by atoms with Gasteiger partial charge in [-0.3, -0.25) is 14.4 Å². The Kier molecular flexibility index (Phi) is 4.27. The van der Waals surface area contributed by atoms with Gasteiger partial charge in [0.25, 0.3) is 0 Å². The van der Waals surface area contributed by atoms with Gasteiger partial charge in [-0.15, -0.1) is 5.10 Å². The zero-order valence-electron chi connectivity index (χ0n) is 14.6. The molecule has 25 heavy (non-hydrogen) atoms. The Balaban J connectivity index is 1.44. The van der Waals surface area contributed by atoms with Gasteiger partial charge in [-0.25, -0.2) is 0 Å². The van der Waals surface area contributed by atoms with Crippen LogP contribution >= 0.6 is 0 Å². The van der Waals surface area contributed by atoms with Crippen LogP contribution in [0.2, 0.25) is 0 Å². The highest BCUT2D eigenvalue weighted by molar-refractivity contribution is 5.96. The van der Waals surface area contributed by atoms with Crippen molar-refractivity contribution in [3.8, 4) is 0 Å². The molecule has 1 aromatic heterocycles. The minimum absolute atomic E-state index is 0.0374. The molecule has 0 N–H and O–H groups in total. The van der Waals surface area contributed by atoms with Gasteiger partial charge in [0.05, 0.1) is 18.3 Å². The molecule has 1 aromatic carbocycles. The summed E-state index contributed by atoms with van der Waals surface area (Å²) < 4.78 is 7.34. The second-order valence-corrected chi connectivity index (χ2v) is 6.82. The molecule has 7 heteroatoms. The molecule has 2 atom stereocenters. The van der Waals surface area contributed by atoms with E-state index in [0.717, 1.165) is 37.4 Å². The molecule has 2 aliphatic heterocycles. The van der Waals surface area contributed by atoms with E-state index in [1.807, 2.05) is 36.3 Å². The van der Waals surface area contributed by atoms with Crippen molar-refractivity contribution in [3.63, 3.8) is 0 Å². The molecule has 3 heterocycles. The molecule has 4 rings (SSSR count). The molecule has 0 bridgehead atoms. The molecule has 0 aliphatic carbocycles. The van der Waals surface area contributed by atoms with Crippen molar-refractivity contribution in [1.29, 1.82) is 0 Å². The number of fused-ring (bicyclic) bond motifs is 1. The van der Waals surface area contributed by atoms with Crippen molar-refractivity contribution in [3.05, 3.63) is 41.7 Å². The summed E-state index contributed by atoms with van der Waals surface area (Å²) in [7, 11) is 3.58. The molecule has 7 nitrogen and oxygen atoms in total. The Labute approximate surface area is 147 Å². The van der Waals surface area contributed by atoms with Crippen molar-refractivity contribution in [2.24, 2.45) is 7.05 Å². The summed E-state index contributed by atoms with van der Waals surface area (Å²) in [5.74, 6) is 0.303. The van der Waals surface area contributed by atoms with Crippen molar-refractivity contribution in [2.45, 2.75) is 18.4 Å². The molecule has 2 aromatic rings. The zero-order valence-corrected chi connectivity index (χ0v) is 14.6. The summed E-state index contributed by atoms with van der Waals surface area (Å²) >= 11 is 0. The van der Waals surface area contributed by atoms with Gasteiger partial charge >= 0.3 is 0 Å². The van der Waals surface area contributed by atoms with Crippen LogP contribution in [0.25, 0.3) is 0 Å². The first-order valence-electron chi connectivity index (χ1n) is 8.65. The van der Waals surface area contributed by atoms with Gasteiger partial charge in [0.15, 0.2) is 0 Å². The van der Waals surface area contributed by atoms with Crippen LogP contribution in [0.5, 0.6) is 0 Å². The first-order valence-corrected chi connectivity index (χ1v) is 8.65. The first kappa shape index (κ1) is 16.2. The third kappa shape index (κ3) is 3.05. The van der Waals surface area contributed by atoms with Crippen LogP contribution in [0, 0.1) is 0 Å². The molecule has 1 amide bonds. The second-order valence-electron chi connectivity index (χ2n) is 6.82. The summed E-state index contributed by atoms with van der Waals surface area (Å²) in [6.45, 7) is 2.68. The normalized spacial score (nSPS) is 23.2. The van der Waals surface area contributed by atoms with Crippen LogP contribution in [-0.2, 0) is 23.0 Å². The molecule has 1 fully saturated rings. The number of para-hydroxylation sites is 1. The number of hydrogen-bond donors (Lipinski definition) is 0. The third-order valence-corrected chi connectivity index (χ3v) is 5.19. The molecule has 1 saturated heterocycles. The average molecular weight is 341 g/mol. The van der Waals surface area contributed by atoms with E-state index in [-0.39, 0.29) is 17.9 Å². The molecule has 132 valence electrons. The van der Waals surface area contributed by atoms with Crippen molar-refractivity contribution >= 4 is 11.6 Å². The lowest BCUT2D eigenvalue weighted by atomic mass is 10.0. The Morgan fingerprint density at radius 2 is 2.16 bits per heavy atom. The lowest BCUT2D eigenvalue weighted by molar-refractivity contribution is -0.119. The van der Waals surface area contributed by atoms with E-state index in [9.17, 15) is 4.79 Å². The number of hydrogen-bond acceptors (Lipinski definition) is 5. The summed E-state index contributed by atoms with van der Waals surface area (Å²) in [4.78, 5) is 16.9. The monoisotopic (exact) mass is 341 g/mol. The van der Waals surface area contributed by atoms with Gasteiger partial charge in [-0.2, -0.15) is 0 Å². The number of aryl methyl sites for hydroxylation is 1. The van der Waals surface area contributed by atoms with E-state index in [4.69, 9.17) is 4.74 Å². The van der Waals surface area contributed by atoms with Crippen LogP contribution in [0.4, 0.5) is 5.69 Å². The Morgan fingerprint density at radius 1 is 1.32 bits per heavy atom. The maximum Gasteiger partial charge on any atom is 0.241 e. The summed E-state index contributed by atoms with van der Waals surface area (Å²) in [5, 5.41) is 8.25. The van der Waals surface area contributed by atoms with Crippen molar-refractivity contribution in [2.75, 3.05) is 38.2 Å². The Morgan fingerprint density at radius 3 is 2.92 bits per heavy atom. The first-order chi connectivity index (χ1) is 12.2. The number of methoxy groups -OCH3 is 1. The Bertz CT molecular complexity index is 774. The molecule has 0 saturated carbocycles. The van der Waals surface area contributed by atoms with E-state index in [1.165, 1.54) is 5.56 Å². The quantitative estimate of drug-likeness (QED) is 0.824. The highest BCUT2D eigenvalue weighted by atomic mass is 16.5. The fraction of sp³-hybridized carbons (Fsp3) is 0.500. The topological polar surface area (TPSA) is 63.5 Å². The number of carbonyl (C=O) groups excluding carboxylic acids is 1. The highest BCUT2D eigenvalue weighted by Gasteiger charge is 2.37. The molecule has 0 radical (unpaired) electrons. The van der Waals surface area contributed by atoms with Gasteiger partial charge in [0.2, 0.25) is 5.91 Å². The summed E-state index contributed by atoms with van der Waals surface area (Å²) in [5.41, 5.74) is 3.24. The van der Waals surface area contributed by atoms with Gasteiger partial charge in [0.1, 0.15) is 0 Å². The SMILES string of the molecule is CO[C@@H]1CN(CC(=O)N2CCc3ccccc32)C[C@H]1c1cn(C)nn1. The summed E-state index contributed by atoms with van der Waals surface area (Å²) in [6, 6.07) is 8.15. The third-order valence-electron chi connectivity index (χ3n) is 5.19. The number of anilines is 1. The predicted molar refractivity (Wildman–Crippen MR) is 93.5 cm³/mol. The minimum atomic E-state index is 0.0374. The number of nitrogens with zero attached hydrogens (tertiary/aromatic N) is 5. The van der Waals surface area contributed by atoms with Crippen LogP contribution in [0.15, 0.2) is 30.5 Å². The van der Waals surface area contributed by atoms with E-state index in [2.05, 4.69) is 21.3 Å². The summed E-state index contributed by atoms with van der Waals surface area (Å²) in [6.07, 6.45) is 2.90. The number of amides is 1. The van der Waals surface area contributed by atoms with Crippen LogP contribution in [0.1, 0.15) is 17.2 Å². The number of ether oxygens (including phenoxy) is 1. The smallest absolute Gasteiger partial charge is 0.241 e. The maximum absolute atomic E-state index is 12.8. The van der Waals surface area contributed by atoms with Gasteiger partial charge in [0, 0.05) is 51.6 Å². The average Bonchev–Trinajstić information content (AvgIpc) is 3.32. The van der Waals surface area contributed by atoms with Gasteiger partial charge in [-0.1, -0.05) is 23.4 Å². The standard InChI is InChI=1S/C18H23N5O2/c1-21-10-15(19-20-21)14-9-22(11-17(14)25-2)12-18(24)23-8-7-13-5-3-4-6-16(13)23/h3-6,10,14,17H,7-9,11-12H2,1-2H3/t14-,17+/m0/s1. The zero-order chi connectivity index (χ0) is 17.4. The molecular weight excluding hydrogens is 318 g/mol. The fourth-order valence-electron chi connectivity index (χ4n) is 3.91. The number of carbonyl (C=O) groups is 1. The van der Waals surface area contributed by atoms with Crippen molar-refractivity contribution in [1.82, 2.24) is 19.9 Å².